The van der Waals surface area contributed by atoms with Crippen molar-refractivity contribution in [3.8, 4) is 0 Å². The minimum absolute atomic E-state index is 0.152. The Morgan fingerprint density at radius 3 is 1.32 bits per heavy atom. The van der Waals surface area contributed by atoms with Gasteiger partial charge in [0.05, 0.1) is 0 Å². The number of carbonyl (C=O) groups excluding carboxylic acids is 4. The second-order valence-electron chi connectivity index (χ2n) is 19.0. The molecule has 0 bridgehead atoms. The van der Waals surface area contributed by atoms with E-state index in [4.69, 9.17) is 0 Å². The Labute approximate surface area is 381 Å². The van der Waals surface area contributed by atoms with Gasteiger partial charge in [-0.25, -0.2) is 19.9 Å². The Balaban J connectivity index is 0.965. The fourth-order valence-electron chi connectivity index (χ4n) is 8.40. The van der Waals surface area contributed by atoms with Gasteiger partial charge in [0, 0.05) is 68.0 Å². The zero-order valence-corrected chi connectivity index (χ0v) is 38.2. The summed E-state index contributed by atoms with van der Waals surface area (Å²) in [5.41, 5.74) is 3.54. The lowest BCUT2D eigenvalue weighted by Gasteiger charge is -2.35. The van der Waals surface area contributed by atoms with Crippen molar-refractivity contribution in [3.05, 3.63) is 127 Å². The molecule has 0 saturated carbocycles. The average Bonchev–Trinajstić information content (AvgIpc) is 4.00. The molecule has 15 heteroatoms. The summed E-state index contributed by atoms with van der Waals surface area (Å²) in [4.78, 5) is 78.1. The number of nitrogens with one attached hydrogen (secondary N) is 4. The number of amides is 4. The van der Waals surface area contributed by atoms with Crippen molar-refractivity contribution in [1.29, 1.82) is 0 Å². The van der Waals surface area contributed by atoms with Crippen LogP contribution < -0.4 is 26.2 Å². The third-order valence-electron chi connectivity index (χ3n) is 11.9. The number of benzene rings is 3. The summed E-state index contributed by atoms with van der Waals surface area (Å²) in [5.74, 6) is 0.00280. The second kappa shape index (κ2) is 20.3. The van der Waals surface area contributed by atoms with Gasteiger partial charge in [0.15, 0.2) is 0 Å². The van der Waals surface area contributed by atoms with Crippen LogP contribution in [0.4, 0.5) is 29.0 Å². The number of rotatable bonds is 15. The lowest BCUT2D eigenvalue weighted by molar-refractivity contribution is -0.139. The number of carbonyl (C=O) groups is 4. The summed E-state index contributed by atoms with van der Waals surface area (Å²) in [6.07, 6.45) is 9.13. The molecular formula is C50H61N11O4. The topological polar surface area (TPSA) is 178 Å². The molecule has 5 aromatic rings. The molecule has 4 heterocycles. The monoisotopic (exact) mass is 879 g/mol. The average molecular weight is 880 g/mol. The van der Waals surface area contributed by atoms with Gasteiger partial charge in [-0.3, -0.25) is 19.2 Å². The molecule has 4 atom stereocenters. The largest absolute Gasteiger partial charge is 0.363 e. The predicted molar refractivity (Wildman–Crippen MR) is 254 cm³/mol. The summed E-state index contributed by atoms with van der Waals surface area (Å²) in [6, 6.07) is 26.8. The number of hydrogen-bond donors (Lipinski definition) is 4. The van der Waals surface area contributed by atoms with Crippen LogP contribution in [0, 0.1) is 10.8 Å². The third kappa shape index (κ3) is 11.8. The zero-order valence-electron chi connectivity index (χ0n) is 38.2. The van der Waals surface area contributed by atoms with Crippen molar-refractivity contribution in [2.24, 2.45) is 10.8 Å². The van der Waals surface area contributed by atoms with E-state index in [0.29, 0.717) is 62.3 Å². The van der Waals surface area contributed by atoms with Crippen LogP contribution in [0.1, 0.15) is 78.4 Å². The molecule has 4 N–H and O–H groups in total. The van der Waals surface area contributed by atoms with E-state index >= 15 is 0 Å². The number of anilines is 5. The van der Waals surface area contributed by atoms with Gasteiger partial charge in [-0.05, 0) is 96.2 Å². The molecule has 2 aliphatic heterocycles. The quantitative estimate of drug-likeness (QED) is 0.0825. The fraction of sp³-hybridized carbons (Fsp3) is 0.400. The van der Waals surface area contributed by atoms with Crippen LogP contribution in [0.25, 0.3) is 0 Å². The highest BCUT2D eigenvalue weighted by molar-refractivity contribution is 5.99. The van der Waals surface area contributed by atoms with E-state index in [1.54, 1.807) is 46.7 Å². The number of aromatic nitrogens is 4. The predicted octanol–water partition coefficient (Wildman–Crippen LogP) is 7.39. The molecule has 7 rings (SSSR count). The van der Waals surface area contributed by atoms with E-state index in [2.05, 4.69) is 58.2 Å². The van der Waals surface area contributed by atoms with Crippen molar-refractivity contribution >= 4 is 52.6 Å². The molecule has 65 heavy (non-hydrogen) atoms. The van der Waals surface area contributed by atoms with Gasteiger partial charge in [0.25, 0.3) is 0 Å². The number of hydrogen-bond acceptors (Lipinski definition) is 11. The fourth-order valence-corrected chi connectivity index (χ4v) is 8.40. The van der Waals surface area contributed by atoms with Gasteiger partial charge < -0.3 is 36.0 Å². The number of likely N-dealkylation sites (tertiary alicyclic amines) is 2. The standard InChI is InChI=1S/C50H61N11O4/c1-49(2,3)41(57-47-51-26-12-27-52-47)45(64)60-30-10-16-39(60)43(62)55-36-22-18-34(19-23-36)32-59(38-14-8-7-9-15-38)33-35-20-24-37(25-21-35)56-44(63)40-17-11-31-61(40)46(65)42(50(4,5)6)58-48-53-28-13-29-54-48/h7-9,12-15,18-29,39-42H,10-11,16-17,30-33H2,1-6H3,(H,55,62)(H,56,63)(H,51,52,57)(H,53,54,58)/t39?,40?,41-,42-/m1/s1. The normalized spacial score (nSPS) is 17.2. The summed E-state index contributed by atoms with van der Waals surface area (Å²) >= 11 is 0. The summed E-state index contributed by atoms with van der Waals surface area (Å²) in [6.45, 7) is 14.1. The highest BCUT2D eigenvalue weighted by Crippen LogP contribution is 2.30. The summed E-state index contributed by atoms with van der Waals surface area (Å²) in [5, 5.41) is 12.5. The molecule has 3 aromatic carbocycles. The van der Waals surface area contributed by atoms with Crippen molar-refractivity contribution in [3.63, 3.8) is 0 Å². The van der Waals surface area contributed by atoms with Crippen molar-refractivity contribution in [2.75, 3.05) is 39.3 Å². The third-order valence-corrected chi connectivity index (χ3v) is 11.9. The minimum atomic E-state index is -0.622. The van der Waals surface area contributed by atoms with E-state index < -0.39 is 35.0 Å². The highest BCUT2D eigenvalue weighted by atomic mass is 16.2. The van der Waals surface area contributed by atoms with Gasteiger partial charge in [-0.1, -0.05) is 84.0 Å². The van der Waals surface area contributed by atoms with Crippen LogP contribution in [-0.4, -0.2) is 90.6 Å². The first-order chi connectivity index (χ1) is 31.1. The molecule has 0 radical (unpaired) electrons. The Bertz CT molecular complexity index is 2220. The first kappa shape index (κ1) is 46.1. The second-order valence-corrected chi connectivity index (χ2v) is 19.0. The SMILES string of the molecule is CC(C)(C)[C@H](Nc1ncccn1)C(=O)N1CCCC1C(=O)Nc1ccc(CN(Cc2ccc(NC(=O)C3CCCN3C(=O)[C@@H](Nc3ncccn3)C(C)(C)C)cc2)c2ccccc2)cc1. The molecule has 2 saturated heterocycles. The van der Waals surface area contributed by atoms with Crippen molar-refractivity contribution < 1.29 is 19.2 Å². The Morgan fingerprint density at radius 1 is 0.569 bits per heavy atom. The molecular weight excluding hydrogens is 819 g/mol. The maximum Gasteiger partial charge on any atom is 0.247 e. The molecule has 340 valence electrons. The maximum absolute atomic E-state index is 14.0. The van der Waals surface area contributed by atoms with Crippen LogP contribution in [0.3, 0.4) is 0 Å². The Hall–Kier alpha value is -6.90. The minimum Gasteiger partial charge on any atom is -0.363 e. The lowest BCUT2D eigenvalue weighted by atomic mass is 9.85. The smallest absolute Gasteiger partial charge is 0.247 e. The van der Waals surface area contributed by atoms with Crippen LogP contribution in [0.5, 0.6) is 0 Å². The van der Waals surface area contributed by atoms with E-state index in [-0.39, 0.29) is 23.6 Å². The Morgan fingerprint density at radius 2 is 0.954 bits per heavy atom. The molecule has 15 nitrogen and oxygen atoms in total. The van der Waals surface area contributed by atoms with E-state index in [1.807, 2.05) is 108 Å². The van der Waals surface area contributed by atoms with Crippen molar-refractivity contribution in [2.45, 2.75) is 104 Å². The van der Waals surface area contributed by atoms with Crippen LogP contribution in [-0.2, 0) is 32.3 Å². The maximum atomic E-state index is 14.0. The molecule has 4 amide bonds. The van der Waals surface area contributed by atoms with E-state index in [9.17, 15) is 19.2 Å². The molecule has 0 aliphatic carbocycles. The molecule has 2 fully saturated rings. The molecule has 0 spiro atoms. The van der Waals surface area contributed by atoms with Gasteiger partial charge in [-0.15, -0.1) is 0 Å². The van der Waals surface area contributed by atoms with Crippen LogP contribution in [0.2, 0.25) is 0 Å². The van der Waals surface area contributed by atoms with Crippen molar-refractivity contribution in [1.82, 2.24) is 29.7 Å². The van der Waals surface area contributed by atoms with E-state index in [1.165, 1.54) is 0 Å². The number of nitrogens with zero attached hydrogens (tertiary/aromatic N) is 7. The first-order valence-electron chi connectivity index (χ1n) is 22.4. The molecule has 2 aromatic heterocycles. The van der Waals surface area contributed by atoms with Gasteiger partial charge in [0.2, 0.25) is 35.5 Å². The lowest BCUT2D eigenvalue weighted by Crippen LogP contribution is -2.53. The van der Waals surface area contributed by atoms with E-state index in [0.717, 1.165) is 29.7 Å². The summed E-state index contributed by atoms with van der Waals surface area (Å²) < 4.78 is 0. The number of para-hydroxylation sites is 1. The Kier molecular flexibility index (Phi) is 14.4. The highest BCUT2D eigenvalue weighted by Gasteiger charge is 2.43. The van der Waals surface area contributed by atoms with Gasteiger partial charge in [-0.2, -0.15) is 0 Å². The first-order valence-corrected chi connectivity index (χ1v) is 22.4. The zero-order chi connectivity index (χ0) is 46.1. The molecule has 2 unspecified atom stereocenters. The molecule has 2 aliphatic rings. The van der Waals surface area contributed by atoms with Gasteiger partial charge >= 0.3 is 0 Å². The van der Waals surface area contributed by atoms with Crippen LogP contribution >= 0.6 is 0 Å². The van der Waals surface area contributed by atoms with Crippen LogP contribution in [0.15, 0.2) is 116 Å². The van der Waals surface area contributed by atoms with Gasteiger partial charge in [0.1, 0.15) is 24.2 Å². The summed E-state index contributed by atoms with van der Waals surface area (Å²) in [7, 11) is 0.